The van der Waals surface area contributed by atoms with Crippen LogP contribution in [0.1, 0.15) is 28.0 Å². The van der Waals surface area contributed by atoms with Gasteiger partial charge in [0.05, 0.1) is 0 Å². The first-order valence-corrected chi connectivity index (χ1v) is 7.69. The van der Waals surface area contributed by atoms with Gasteiger partial charge < -0.3 is 9.73 Å². The third-order valence-corrected chi connectivity index (χ3v) is 3.70. The van der Waals surface area contributed by atoms with E-state index in [-0.39, 0.29) is 11.6 Å². The molecule has 2 N–H and O–H groups in total. The highest BCUT2D eigenvalue weighted by molar-refractivity contribution is 8.00. The van der Waals surface area contributed by atoms with E-state index in [2.05, 4.69) is 25.9 Å². The Morgan fingerprint density at radius 1 is 1.20 bits per heavy atom. The van der Waals surface area contributed by atoms with Gasteiger partial charge in [-0.15, -0.1) is 10.2 Å². The Bertz CT molecular complexity index is 836. The molecule has 0 bridgehead atoms. The Hall–Kier alpha value is -2.82. The van der Waals surface area contributed by atoms with Crippen molar-refractivity contribution in [2.24, 2.45) is 0 Å². The van der Waals surface area contributed by atoms with Crippen molar-refractivity contribution in [1.29, 1.82) is 0 Å². The normalized spacial score (nSPS) is 12.8. The molecule has 3 rings (SSSR count). The molecule has 0 saturated heterocycles. The van der Waals surface area contributed by atoms with Gasteiger partial charge in [-0.2, -0.15) is 18.4 Å². The van der Waals surface area contributed by atoms with Crippen LogP contribution in [-0.2, 0) is 0 Å². The van der Waals surface area contributed by atoms with Crippen LogP contribution in [0.5, 0.6) is 0 Å². The summed E-state index contributed by atoms with van der Waals surface area (Å²) < 4.78 is 42.0. The number of alkyl halides is 3. The minimum atomic E-state index is -4.50. The molecular formula is C14H10F3N5O2S. The van der Waals surface area contributed by atoms with Crippen molar-refractivity contribution >= 4 is 17.7 Å². The highest BCUT2D eigenvalue weighted by Gasteiger charge is 2.32. The van der Waals surface area contributed by atoms with Crippen LogP contribution in [0, 0.1) is 0 Å². The maximum atomic E-state index is 12.3. The first-order chi connectivity index (χ1) is 11.9. The minimum Gasteiger partial charge on any atom is -0.444 e. The van der Waals surface area contributed by atoms with Gasteiger partial charge in [-0.25, -0.2) is 0 Å². The topological polar surface area (TPSA) is 96.7 Å². The molecule has 0 saturated carbocycles. The number of tetrazole rings is 1. The van der Waals surface area contributed by atoms with Crippen molar-refractivity contribution in [2.45, 2.75) is 16.6 Å². The lowest BCUT2D eigenvalue weighted by Crippen LogP contribution is -2.29. The smallest absolute Gasteiger partial charge is 0.444 e. The quantitative estimate of drug-likeness (QED) is 0.671. The standard InChI is InChI=1S/C14H10F3N5O2S/c15-14(16,17)25-10-7-6-9(24-10)13(23)18-11(12-19-21-22-20-12)8-4-2-1-3-5-8/h1-7,11H,(H,18,23)(H,19,20,21,22). The lowest BCUT2D eigenvalue weighted by atomic mass is 10.1. The molecule has 0 spiro atoms. The number of carbonyl (C=O) groups is 1. The molecule has 0 aliphatic rings. The lowest BCUT2D eigenvalue weighted by molar-refractivity contribution is -0.0335. The molecule has 25 heavy (non-hydrogen) atoms. The van der Waals surface area contributed by atoms with Gasteiger partial charge in [0.2, 0.25) is 5.82 Å². The summed E-state index contributed by atoms with van der Waals surface area (Å²) in [6, 6.07) is 10.3. The minimum absolute atomic E-state index is 0.205. The number of aromatic nitrogens is 4. The average molecular weight is 369 g/mol. The monoisotopic (exact) mass is 369 g/mol. The number of H-pyrrole nitrogens is 1. The van der Waals surface area contributed by atoms with Crippen LogP contribution in [0.4, 0.5) is 13.2 Å². The summed E-state index contributed by atoms with van der Waals surface area (Å²) in [4.78, 5) is 12.3. The molecule has 1 atom stereocenters. The molecule has 0 radical (unpaired) electrons. The fourth-order valence-corrected chi connectivity index (χ4v) is 2.54. The van der Waals surface area contributed by atoms with E-state index in [1.807, 2.05) is 0 Å². The fraction of sp³-hybridized carbons (Fsp3) is 0.143. The Morgan fingerprint density at radius 3 is 2.60 bits per heavy atom. The first-order valence-electron chi connectivity index (χ1n) is 6.87. The maximum Gasteiger partial charge on any atom is 0.449 e. The average Bonchev–Trinajstić information content (AvgIpc) is 3.23. The molecule has 1 unspecified atom stereocenters. The van der Waals surface area contributed by atoms with Gasteiger partial charge in [-0.3, -0.25) is 4.79 Å². The van der Waals surface area contributed by atoms with E-state index in [0.717, 1.165) is 6.07 Å². The van der Waals surface area contributed by atoms with E-state index in [0.29, 0.717) is 5.56 Å². The van der Waals surface area contributed by atoms with Crippen LogP contribution in [0.3, 0.4) is 0 Å². The number of halogens is 3. The number of rotatable bonds is 5. The molecule has 11 heteroatoms. The predicted molar refractivity (Wildman–Crippen MR) is 80.5 cm³/mol. The number of benzene rings is 1. The molecule has 1 aromatic carbocycles. The number of hydrogen-bond donors (Lipinski definition) is 2. The molecule has 7 nitrogen and oxygen atoms in total. The number of carbonyl (C=O) groups excluding carboxylic acids is 1. The van der Waals surface area contributed by atoms with E-state index in [1.54, 1.807) is 30.3 Å². The van der Waals surface area contributed by atoms with Gasteiger partial charge in [0.15, 0.2) is 10.9 Å². The van der Waals surface area contributed by atoms with Crippen LogP contribution in [0.15, 0.2) is 52.0 Å². The summed E-state index contributed by atoms with van der Waals surface area (Å²) in [5.41, 5.74) is -3.82. The summed E-state index contributed by atoms with van der Waals surface area (Å²) in [6.45, 7) is 0. The van der Waals surface area contributed by atoms with Crippen molar-refractivity contribution < 1.29 is 22.4 Å². The summed E-state index contributed by atoms with van der Waals surface area (Å²) in [5.74, 6) is -0.750. The van der Waals surface area contributed by atoms with Crippen molar-refractivity contribution in [3.05, 3.63) is 59.6 Å². The third-order valence-electron chi connectivity index (χ3n) is 3.05. The van der Waals surface area contributed by atoms with E-state index >= 15 is 0 Å². The Kier molecular flexibility index (Phi) is 4.74. The van der Waals surface area contributed by atoms with Crippen LogP contribution >= 0.6 is 11.8 Å². The van der Waals surface area contributed by atoms with E-state index in [4.69, 9.17) is 4.42 Å². The van der Waals surface area contributed by atoms with Crippen molar-refractivity contribution in [2.75, 3.05) is 0 Å². The van der Waals surface area contributed by atoms with E-state index in [1.165, 1.54) is 6.07 Å². The van der Waals surface area contributed by atoms with Gasteiger partial charge in [0, 0.05) is 11.8 Å². The Morgan fingerprint density at radius 2 is 1.96 bits per heavy atom. The fourth-order valence-electron chi connectivity index (χ4n) is 2.05. The number of nitrogens with zero attached hydrogens (tertiary/aromatic N) is 3. The van der Waals surface area contributed by atoms with Crippen LogP contribution in [-0.4, -0.2) is 32.0 Å². The summed E-state index contributed by atoms with van der Waals surface area (Å²) >= 11 is -0.434. The molecule has 2 aromatic heterocycles. The molecule has 130 valence electrons. The van der Waals surface area contributed by atoms with Gasteiger partial charge in [0.1, 0.15) is 6.04 Å². The molecule has 0 aliphatic carbocycles. The summed E-state index contributed by atoms with van der Waals surface area (Å²) in [6.07, 6.45) is 0. The Balaban J connectivity index is 1.79. The number of amides is 1. The summed E-state index contributed by atoms with van der Waals surface area (Å²) in [7, 11) is 0. The van der Waals surface area contributed by atoms with Gasteiger partial charge in [0.25, 0.3) is 5.91 Å². The van der Waals surface area contributed by atoms with Crippen LogP contribution < -0.4 is 5.32 Å². The third kappa shape index (κ3) is 4.38. The SMILES string of the molecule is O=C(NC(c1ccccc1)c1nn[nH]n1)c1ccc(SC(F)(F)F)o1. The first kappa shape index (κ1) is 17.0. The molecule has 2 heterocycles. The zero-order valence-electron chi connectivity index (χ0n) is 12.3. The lowest BCUT2D eigenvalue weighted by Gasteiger charge is -2.14. The highest BCUT2D eigenvalue weighted by atomic mass is 32.2. The van der Waals surface area contributed by atoms with Gasteiger partial charge >= 0.3 is 5.51 Å². The molecule has 0 aliphatic heterocycles. The zero-order chi connectivity index (χ0) is 17.9. The van der Waals surface area contributed by atoms with Crippen LogP contribution in [0.2, 0.25) is 0 Å². The van der Waals surface area contributed by atoms with Crippen molar-refractivity contribution in [3.8, 4) is 0 Å². The molecular weight excluding hydrogens is 359 g/mol. The van der Waals surface area contributed by atoms with Gasteiger partial charge in [-0.05, 0) is 17.7 Å². The molecule has 0 fully saturated rings. The second-order valence-electron chi connectivity index (χ2n) is 4.75. The second kappa shape index (κ2) is 6.97. The van der Waals surface area contributed by atoms with Crippen LogP contribution in [0.25, 0.3) is 0 Å². The van der Waals surface area contributed by atoms with E-state index in [9.17, 15) is 18.0 Å². The number of aromatic amines is 1. The maximum absolute atomic E-state index is 12.3. The molecule has 3 aromatic rings. The number of hydrogen-bond acceptors (Lipinski definition) is 6. The second-order valence-corrected chi connectivity index (χ2v) is 5.82. The predicted octanol–water partition coefficient (Wildman–Crippen LogP) is 2.92. The van der Waals surface area contributed by atoms with Gasteiger partial charge in [-0.1, -0.05) is 35.5 Å². The highest BCUT2D eigenvalue weighted by Crippen LogP contribution is 2.37. The number of nitrogens with one attached hydrogen (secondary N) is 2. The van der Waals surface area contributed by atoms with E-state index < -0.39 is 34.3 Å². The summed E-state index contributed by atoms with van der Waals surface area (Å²) in [5, 5.41) is 15.6. The number of furan rings is 1. The Labute approximate surface area is 143 Å². The number of thioether (sulfide) groups is 1. The van der Waals surface area contributed by atoms with Crippen molar-refractivity contribution in [3.63, 3.8) is 0 Å². The largest absolute Gasteiger partial charge is 0.449 e. The molecule has 1 amide bonds. The van der Waals surface area contributed by atoms with Crippen molar-refractivity contribution in [1.82, 2.24) is 25.9 Å². The zero-order valence-corrected chi connectivity index (χ0v) is 13.1.